The van der Waals surface area contributed by atoms with Crippen molar-refractivity contribution < 1.29 is 22.7 Å². The number of hydrogen-bond donors (Lipinski definition) is 1. The Kier molecular flexibility index (Phi) is 5.49. The number of hydrogen-bond acceptors (Lipinski definition) is 4. The molecule has 0 aliphatic carbocycles. The lowest BCUT2D eigenvalue weighted by Gasteiger charge is -2.42. The molecule has 1 aromatic rings. The van der Waals surface area contributed by atoms with E-state index in [1.807, 2.05) is 14.1 Å². The first-order valence-electron chi connectivity index (χ1n) is 7.74. The molecule has 24 heavy (non-hydrogen) atoms. The third kappa shape index (κ3) is 4.05. The van der Waals surface area contributed by atoms with Crippen LogP contribution in [-0.4, -0.2) is 55.2 Å². The fourth-order valence-corrected chi connectivity index (χ4v) is 2.83. The highest BCUT2D eigenvalue weighted by Gasteiger charge is 2.36. The SMILES string of the molecule is Cc1nc(C(F)(F)F)ccc1C(=O)NCC1(N(C)C)CCOCC1. The molecule has 5 nitrogen and oxygen atoms in total. The van der Waals surface area contributed by atoms with Crippen molar-refractivity contribution in [1.29, 1.82) is 0 Å². The molecule has 0 spiro atoms. The molecule has 0 aromatic carbocycles. The van der Waals surface area contributed by atoms with Crippen LogP contribution < -0.4 is 5.32 Å². The Morgan fingerprint density at radius 1 is 1.33 bits per heavy atom. The highest BCUT2D eigenvalue weighted by Crippen LogP contribution is 2.28. The summed E-state index contributed by atoms with van der Waals surface area (Å²) in [6, 6.07) is 2.00. The molecule has 0 radical (unpaired) electrons. The lowest BCUT2D eigenvalue weighted by Crippen LogP contribution is -2.55. The largest absolute Gasteiger partial charge is 0.433 e. The van der Waals surface area contributed by atoms with Gasteiger partial charge in [-0.15, -0.1) is 0 Å². The highest BCUT2D eigenvalue weighted by atomic mass is 19.4. The van der Waals surface area contributed by atoms with Gasteiger partial charge in [-0.2, -0.15) is 13.2 Å². The number of halogens is 3. The molecule has 8 heteroatoms. The minimum absolute atomic E-state index is 0.0632. The Labute approximate surface area is 139 Å². The Morgan fingerprint density at radius 2 is 1.96 bits per heavy atom. The molecule has 2 rings (SSSR count). The molecule has 1 amide bonds. The number of nitrogens with zero attached hydrogens (tertiary/aromatic N) is 2. The smallest absolute Gasteiger partial charge is 0.381 e. The van der Waals surface area contributed by atoms with E-state index in [4.69, 9.17) is 4.74 Å². The molecule has 1 aliphatic heterocycles. The summed E-state index contributed by atoms with van der Waals surface area (Å²) < 4.78 is 43.3. The van der Waals surface area contributed by atoms with E-state index in [0.717, 1.165) is 18.9 Å². The van der Waals surface area contributed by atoms with Crippen LogP contribution in [-0.2, 0) is 10.9 Å². The molecular weight excluding hydrogens is 323 g/mol. The monoisotopic (exact) mass is 345 g/mol. The van der Waals surface area contributed by atoms with E-state index in [-0.39, 0.29) is 16.8 Å². The number of amides is 1. The number of aryl methyl sites for hydroxylation is 1. The van der Waals surface area contributed by atoms with Crippen molar-refractivity contribution >= 4 is 5.91 Å². The van der Waals surface area contributed by atoms with Crippen LogP contribution >= 0.6 is 0 Å². The predicted octanol–water partition coefficient (Wildman–Crippen LogP) is 2.25. The maximum Gasteiger partial charge on any atom is 0.433 e. The first-order valence-corrected chi connectivity index (χ1v) is 7.74. The summed E-state index contributed by atoms with van der Waals surface area (Å²) in [6.07, 6.45) is -2.95. The zero-order valence-electron chi connectivity index (χ0n) is 14.0. The summed E-state index contributed by atoms with van der Waals surface area (Å²) >= 11 is 0. The predicted molar refractivity (Wildman–Crippen MR) is 82.8 cm³/mol. The van der Waals surface area contributed by atoms with Crippen LogP contribution in [0.2, 0.25) is 0 Å². The Morgan fingerprint density at radius 3 is 2.46 bits per heavy atom. The van der Waals surface area contributed by atoms with Gasteiger partial charge in [-0.25, -0.2) is 4.98 Å². The lowest BCUT2D eigenvalue weighted by molar-refractivity contribution is -0.141. The van der Waals surface area contributed by atoms with Gasteiger partial charge in [0.25, 0.3) is 5.91 Å². The third-order valence-electron chi connectivity index (χ3n) is 4.57. The van der Waals surface area contributed by atoms with Crippen molar-refractivity contribution in [2.75, 3.05) is 33.9 Å². The number of ether oxygens (including phenoxy) is 1. The van der Waals surface area contributed by atoms with Gasteiger partial charge in [0.1, 0.15) is 5.69 Å². The number of carbonyl (C=O) groups is 1. The number of rotatable bonds is 4. The van der Waals surface area contributed by atoms with Crippen LogP contribution in [0.15, 0.2) is 12.1 Å². The summed E-state index contributed by atoms with van der Waals surface area (Å²) in [6.45, 7) is 3.05. The van der Waals surface area contributed by atoms with Gasteiger partial charge in [0, 0.05) is 25.3 Å². The normalized spacial score (nSPS) is 17.8. The van der Waals surface area contributed by atoms with Gasteiger partial charge >= 0.3 is 6.18 Å². The van der Waals surface area contributed by atoms with Crippen molar-refractivity contribution in [2.24, 2.45) is 0 Å². The van der Waals surface area contributed by atoms with Crippen LogP contribution in [0, 0.1) is 6.92 Å². The van der Waals surface area contributed by atoms with Gasteiger partial charge in [-0.1, -0.05) is 0 Å². The van der Waals surface area contributed by atoms with Crippen molar-refractivity contribution in [3.63, 3.8) is 0 Å². The van der Waals surface area contributed by atoms with Crippen LogP contribution in [0.4, 0.5) is 13.2 Å². The Hall–Kier alpha value is -1.67. The van der Waals surface area contributed by atoms with E-state index in [1.165, 1.54) is 13.0 Å². The molecule has 1 fully saturated rings. The van der Waals surface area contributed by atoms with Crippen LogP contribution in [0.25, 0.3) is 0 Å². The maximum absolute atomic E-state index is 12.7. The molecule has 0 unspecified atom stereocenters. The molecule has 2 heterocycles. The van der Waals surface area contributed by atoms with Crippen LogP contribution in [0.3, 0.4) is 0 Å². The zero-order valence-corrected chi connectivity index (χ0v) is 14.0. The Balaban J connectivity index is 2.09. The number of carbonyl (C=O) groups excluding carboxylic acids is 1. The number of alkyl halides is 3. The average Bonchev–Trinajstić information content (AvgIpc) is 2.52. The molecule has 0 bridgehead atoms. The number of aromatic nitrogens is 1. The van der Waals surface area contributed by atoms with E-state index in [9.17, 15) is 18.0 Å². The molecule has 134 valence electrons. The number of nitrogens with one attached hydrogen (secondary N) is 1. The quantitative estimate of drug-likeness (QED) is 0.909. The van der Waals surface area contributed by atoms with Crippen molar-refractivity contribution in [3.05, 3.63) is 29.1 Å². The number of pyridine rings is 1. The maximum atomic E-state index is 12.7. The number of likely N-dealkylation sites (N-methyl/N-ethyl adjacent to an activating group) is 1. The summed E-state index contributed by atoms with van der Waals surface area (Å²) in [5.41, 5.74) is -0.982. The summed E-state index contributed by atoms with van der Waals surface area (Å²) in [7, 11) is 3.89. The van der Waals surface area contributed by atoms with Gasteiger partial charge in [0.15, 0.2) is 0 Å². The second-order valence-corrected chi connectivity index (χ2v) is 6.24. The van der Waals surface area contributed by atoms with Crippen molar-refractivity contribution in [2.45, 2.75) is 31.5 Å². The van der Waals surface area contributed by atoms with Gasteiger partial charge in [0.2, 0.25) is 0 Å². The zero-order chi connectivity index (χ0) is 18.0. The second-order valence-electron chi connectivity index (χ2n) is 6.24. The fraction of sp³-hybridized carbons (Fsp3) is 0.625. The molecule has 0 atom stereocenters. The molecule has 1 aliphatic rings. The van der Waals surface area contributed by atoms with Gasteiger partial charge in [-0.05, 0) is 46.0 Å². The van der Waals surface area contributed by atoms with Crippen molar-refractivity contribution in [3.8, 4) is 0 Å². The van der Waals surface area contributed by atoms with Crippen molar-refractivity contribution in [1.82, 2.24) is 15.2 Å². The lowest BCUT2D eigenvalue weighted by atomic mass is 9.88. The topological polar surface area (TPSA) is 54.5 Å². The first kappa shape index (κ1) is 18.7. The summed E-state index contributed by atoms with van der Waals surface area (Å²) in [5, 5.41) is 2.83. The molecule has 1 aromatic heterocycles. The van der Waals surface area contributed by atoms with Crippen LogP contribution in [0.1, 0.15) is 34.6 Å². The minimum Gasteiger partial charge on any atom is -0.381 e. The van der Waals surface area contributed by atoms with Gasteiger partial charge < -0.3 is 15.0 Å². The van der Waals surface area contributed by atoms with E-state index in [1.54, 1.807) is 0 Å². The van der Waals surface area contributed by atoms with E-state index in [2.05, 4.69) is 15.2 Å². The standard InChI is InChI=1S/C16H22F3N3O2/c1-11-12(4-5-13(21-11)16(17,18)19)14(23)20-10-15(22(2)3)6-8-24-9-7-15/h4-5H,6-10H2,1-3H3,(H,20,23). The minimum atomic E-state index is -4.52. The Bertz CT molecular complexity index is 597. The highest BCUT2D eigenvalue weighted by molar-refractivity contribution is 5.95. The fourth-order valence-electron chi connectivity index (χ4n) is 2.83. The van der Waals surface area contributed by atoms with Gasteiger partial charge in [-0.3, -0.25) is 4.79 Å². The third-order valence-corrected chi connectivity index (χ3v) is 4.57. The van der Waals surface area contributed by atoms with Crippen LogP contribution in [0.5, 0.6) is 0 Å². The van der Waals surface area contributed by atoms with Gasteiger partial charge in [0.05, 0.1) is 11.3 Å². The van der Waals surface area contributed by atoms with E-state index >= 15 is 0 Å². The molecule has 0 saturated carbocycles. The first-order chi connectivity index (χ1) is 11.2. The second kappa shape index (κ2) is 7.06. The molecular formula is C16H22F3N3O2. The van der Waals surface area contributed by atoms with E-state index < -0.39 is 17.8 Å². The average molecular weight is 345 g/mol. The molecule has 1 N–H and O–H groups in total. The summed E-state index contributed by atoms with van der Waals surface area (Å²) in [5.74, 6) is -0.415. The molecule has 1 saturated heterocycles. The van der Waals surface area contributed by atoms with E-state index in [0.29, 0.717) is 19.8 Å². The summed E-state index contributed by atoms with van der Waals surface area (Å²) in [4.78, 5) is 17.9.